The van der Waals surface area contributed by atoms with Gasteiger partial charge in [-0.3, -0.25) is 14.6 Å². The third-order valence-electron chi connectivity index (χ3n) is 5.01. The summed E-state index contributed by atoms with van der Waals surface area (Å²) in [7, 11) is 0. The fourth-order valence-electron chi connectivity index (χ4n) is 3.44. The number of aromatic hydroxyl groups is 1. The van der Waals surface area contributed by atoms with Crippen LogP contribution in [0.5, 0.6) is 5.75 Å². The van der Waals surface area contributed by atoms with Crippen LogP contribution in [-0.4, -0.2) is 21.0 Å². The Labute approximate surface area is 173 Å². The quantitative estimate of drug-likeness (QED) is 0.477. The highest BCUT2D eigenvalue weighted by Gasteiger charge is 2.22. The van der Waals surface area contributed by atoms with E-state index in [4.69, 9.17) is 0 Å². The molecule has 6 heteroatoms. The van der Waals surface area contributed by atoms with Crippen molar-refractivity contribution in [3.05, 3.63) is 106 Å². The van der Waals surface area contributed by atoms with Crippen LogP contribution in [0, 0.1) is 0 Å². The molecule has 0 radical (unpaired) electrons. The molecule has 1 atom stereocenters. The number of aromatic amines is 1. The minimum atomic E-state index is -0.656. The number of amides is 1. The Morgan fingerprint density at radius 2 is 1.73 bits per heavy atom. The Balaban J connectivity index is 1.64. The van der Waals surface area contributed by atoms with Crippen molar-refractivity contribution >= 4 is 16.9 Å². The van der Waals surface area contributed by atoms with Crippen LogP contribution in [0.2, 0.25) is 0 Å². The minimum Gasteiger partial charge on any atom is -0.505 e. The molecule has 0 aliphatic heterocycles. The first-order chi connectivity index (χ1) is 14.5. The topological polar surface area (TPSA) is 95.1 Å². The number of carbonyl (C=O) groups excluding carboxylic acids is 1. The van der Waals surface area contributed by atoms with Crippen molar-refractivity contribution in [3.63, 3.8) is 0 Å². The molecule has 6 nitrogen and oxygen atoms in total. The molecular weight excluding hydrogens is 378 g/mol. The number of hydrogen-bond donors (Lipinski definition) is 3. The average Bonchev–Trinajstić information content (AvgIpc) is 2.75. The number of nitrogens with one attached hydrogen (secondary N) is 2. The zero-order chi connectivity index (χ0) is 21.1. The van der Waals surface area contributed by atoms with Crippen molar-refractivity contribution in [1.29, 1.82) is 0 Å². The Bertz CT molecular complexity index is 1250. The van der Waals surface area contributed by atoms with Crippen molar-refractivity contribution in [2.75, 3.05) is 0 Å². The molecular formula is C24H21N3O3. The van der Waals surface area contributed by atoms with Crippen molar-refractivity contribution in [2.24, 2.45) is 0 Å². The fourth-order valence-corrected chi connectivity index (χ4v) is 3.44. The van der Waals surface area contributed by atoms with Gasteiger partial charge in [0.25, 0.3) is 11.5 Å². The molecule has 2 heterocycles. The van der Waals surface area contributed by atoms with Gasteiger partial charge in [0.15, 0.2) is 5.75 Å². The molecule has 0 aliphatic rings. The summed E-state index contributed by atoms with van der Waals surface area (Å²) in [6.07, 6.45) is 2.28. The lowest BCUT2D eigenvalue weighted by Crippen LogP contribution is -2.31. The second-order valence-electron chi connectivity index (χ2n) is 7.19. The van der Waals surface area contributed by atoms with E-state index < -0.39 is 17.2 Å². The van der Waals surface area contributed by atoms with E-state index in [1.54, 1.807) is 12.3 Å². The number of rotatable bonds is 5. The van der Waals surface area contributed by atoms with Crippen molar-refractivity contribution < 1.29 is 9.90 Å². The van der Waals surface area contributed by atoms with Crippen LogP contribution in [-0.2, 0) is 6.42 Å². The van der Waals surface area contributed by atoms with Crippen molar-refractivity contribution in [1.82, 2.24) is 15.3 Å². The summed E-state index contributed by atoms with van der Waals surface area (Å²) in [5.74, 6) is -1.07. The number of aromatic nitrogens is 2. The van der Waals surface area contributed by atoms with E-state index in [9.17, 15) is 14.7 Å². The number of nitrogens with zero attached hydrogens (tertiary/aromatic N) is 1. The van der Waals surface area contributed by atoms with Gasteiger partial charge in [-0.1, -0.05) is 60.7 Å². The lowest BCUT2D eigenvalue weighted by Gasteiger charge is -2.15. The molecule has 1 amide bonds. The number of benzene rings is 2. The van der Waals surface area contributed by atoms with Crippen LogP contribution in [0.25, 0.3) is 11.0 Å². The SMILES string of the molecule is CC(NC(=O)c1c(O)c2ncc(Cc3ccccc3)cc2[nH]c1=O)c1ccccc1. The van der Waals surface area contributed by atoms with E-state index in [1.165, 1.54) is 0 Å². The van der Waals surface area contributed by atoms with Crippen LogP contribution in [0.4, 0.5) is 0 Å². The van der Waals surface area contributed by atoms with Gasteiger partial charge in [0.05, 0.1) is 11.6 Å². The Morgan fingerprint density at radius 1 is 1.07 bits per heavy atom. The third kappa shape index (κ3) is 3.93. The predicted molar refractivity (Wildman–Crippen MR) is 116 cm³/mol. The molecule has 0 bridgehead atoms. The van der Waals surface area contributed by atoms with Gasteiger partial charge >= 0.3 is 0 Å². The molecule has 4 aromatic rings. The molecule has 0 saturated carbocycles. The zero-order valence-corrected chi connectivity index (χ0v) is 16.4. The highest BCUT2D eigenvalue weighted by Crippen LogP contribution is 2.25. The summed E-state index contributed by atoms with van der Waals surface area (Å²) in [5.41, 5.74) is 2.47. The van der Waals surface area contributed by atoms with E-state index in [0.29, 0.717) is 11.9 Å². The van der Waals surface area contributed by atoms with Crippen LogP contribution in [0.3, 0.4) is 0 Å². The Kier molecular flexibility index (Phi) is 5.30. The first-order valence-corrected chi connectivity index (χ1v) is 9.66. The largest absolute Gasteiger partial charge is 0.505 e. The molecule has 4 rings (SSSR count). The molecule has 0 saturated heterocycles. The van der Waals surface area contributed by atoms with Crippen LogP contribution >= 0.6 is 0 Å². The highest BCUT2D eigenvalue weighted by atomic mass is 16.3. The first-order valence-electron chi connectivity index (χ1n) is 9.66. The van der Waals surface area contributed by atoms with Gasteiger partial charge in [0.1, 0.15) is 11.1 Å². The molecule has 1 unspecified atom stereocenters. The Hall–Kier alpha value is -3.93. The molecule has 3 N–H and O–H groups in total. The molecule has 0 aliphatic carbocycles. The summed E-state index contributed by atoms with van der Waals surface area (Å²) in [4.78, 5) is 32.3. The maximum absolute atomic E-state index is 12.7. The van der Waals surface area contributed by atoms with Gasteiger partial charge in [-0.25, -0.2) is 0 Å². The number of fused-ring (bicyclic) bond motifs is 1. The molecule has 2 aromatic carbocycles. The van der Waals surface area contributed by atoms with Crippen LogP contribution in [0.15, 0.2) is 77.7 Å². The van der Waals surface area contributed by atoms with Gasteiger partial charge in [-0.15, -0.1) is 0 Å². The summed E-state index contributed by atoms with van der Waals surface area (Å²) in [6, 6.07) is 20.7. The molecule has 150 valence electrons. The standard InChI is InChI=1S/C24H21N3O3/c1-15(18-10-6-3-7-11-18)26-23(29)20-22(28)21-19(27-24(20)30)13-17(14-25-21)12-16-8-4-2-5-9-16/h2-11,13-15H,12H2,1H3,(H,26,29)(H2,27,28,30). The molecule has 2 aromatic heterocycles. The first kappa shape index (κ1) is 19.4. The maximum Gasteiger partial charge on any atom is 0.265 e. The summed E-state index contributed by atoms with van der Waals surface area (Å²) in [5, 5.41) is 13.4. The van der Waals surface area contributed by atoms with E-state index >= 15 is 0 Å². The average molecular weight is 399 g/mol. The lowest BCUT2D eigenvalue weighted by molar-refractivity contribution is 0.0936. The maximum atomic E-state index is 12.7. The molecule has 0 spiro atoms. The van der Waals surface area contributed by atoms with Crippen molar-refractivity contribution in [2.45, 2.75) is 19.4 Å². The smallest absolute Gasteiger partial charge is 0.265 e. The summed E-state index contributed by atoms with van der Waals surface area (Å²) in [6.45, 7) is 1.81. The highest BCUT2D eigenvalue weighted by molar-refractivity contribution is 6.01. The second kappa shape index (κ2) is 8.21. The zero-order valence-electron chi connectivity index (χ0n) is 16.4. The second-order valence-corrected chi connectivity index (χ2v) is 7.19. The van der Waals surface area contributed by atoms with E-state index in [2.05, 4.69) is 15.3 Å². The third-order valence-corrected chi connectivity index (χ3v) is 5.01. The molecule has 30 heavy (non-hydrogen) atoms. The van der Waals surface area contributed by atoms with Crippen molar-refractivity contribution in [3.8, 4) is 5.75 Å². The number of H-pyrrole nitrogens is 1. The van der Waals surface area contributed by atoms with E-state index in [0.717, 1.165) is 16.7 Å². The van der Waals surface area contributed by atoms with Crippen LogP contribution in [0.1, 0.15) is 40.0 Å². The van der Waals surface area contributed by atoms with E-state index in [1.807, 2.05) is 67.6 Å². The van der Waals surface area contributed by atoms with Gasteiger partial charge in [0.2, 0.25) is 0 Å². The number of hydrogen-bond acceptors (Lipinski definition) is 4. The summed E-state index contributed by atoms with van der Waals surface area (Å²) < 4.78 is 0. The predicted octanol–water partition coefficient (Wildman–Crippen LogP) is 3.71. The normalized spacial score (nSPS) is 11.9. The number of pyridine rings is 2. The summed E-state index contributed by atoms with van der Waals surface area (Å²) >= 11 is 0. The van der Waals surface area contributed by atoms with Crippen LogP contribution < -0.4 is 10.9 Å². The Morgan fingerprint density at radius 3 is 2.43 bits per heavy atom. The molecule has 0 fully saturated rings. The van der Waals surface area contributed by atoms with E-state index in [-0.39, 0.29) is 17.1 Å². The minimum absolute atomic E-state index is 0.184. The van der Waals surface area contributed by atoms with Gasteiger partial charge < -0.3 is 15.4 Å². The van der Waals surface area contributed by atoms with Gasteiger partial charge in [-0.05, 0) is 36.1 Å². The fraction of sp³-hybridized carbons (Fsp3) is 0.125. The van der Waals surface area contributed by atoms with Gasteiger partial charge in [0, 0.05) is 6.20 Å². The van der Waals surface area contributed by atoms with Gasteiger partial charge in [-0.2, -0.15) is 0 Å². The number of carbonyl (C=O) groups is 1. The lowest BCUT2D eigenvalue weighted by atomic mass is 10.1. The monoisotopic (exact) mass is 399 g/mol.